The Morgan fingerprint density at radius 1 is 0.697 bits per heavy atom. The van der Waals surface area contributed by atoms with E-state index in [9.17, 15) is 0 Å². The fourth-order valence-corrected chi connectivity index (χ4v) is 8.27. The Kier molecular flexibility index (Phi) is 7.45. The van der Waals surface area contributed by atoms with E-state index in [1.165, 1.54) is 44.9 Å². The van der Waals surface area contributed by atoms with Crippen molar-refractivity contribution in [2.24, 2.45) is 9.98 Å². The molecule has 0 radical (unpaired) electrons. The number of fused-ring (bicyclic) bond motifs is 3. The van der Waals surface area contributed by atoms with Crippen LogP contribution < -0.4 is 0 Å². The number of thioether (sulfide) groups is 2. The summed E-state index contributed by atoms with van der Waals surface area (Å²) in [5.41, 5.74) is 5.10. The van der Waals surface area contributed by atoms with Crippen molar-refractivity contribution in [2.45, 2.75) is 105 Å². The van der Waals surface area contributed by atoms with Crippen molar-refractivity contribution in [3.63, 3.8) is 0 Å². The molecule has 2 nitrogen and oxygen atoms in total. The van der Waals surface area contributed by atoms with Crippen LogP contribution in [0.15, 0.2) is 56.2 Å². The summed E-state index contributed by atoms with van der Waals surface area (Å²) in [4.78, 5) is 12.9. The van der Waals surface area contributed by atoms with Gasteiger partial charge in [-0.3, -0.25) is 9.98 Å². The van der Waals surface area contributed by atoms with Crippen molar-refractivity contribution in [3.05, 3.63) is 58.7 Å². The number of aliphatic imine (C=N–C) groups is 2. The van der Waals surface area contributed by atoms with E-state index in [-0.39, 0.29) is 21.6 Å². The third kappa shape index (κ3) is 6.54. The van der Waals surface area contributed by atoms with Crippen LogP contribution in [0.4, 0.5) is 0 Å². The van der Waals surface area contributed by atoms with E-state index in [4.69, 9.17) is 9.98 Å². The van der Waals surface area contributed by atoms with Gasteiger partial charge in [-0.25, -0.2) is 0 Å². The minimum absolute atomic E-state index is 0.0957. The van der Waals surface area contributed by atoms with Gasteiger partial charge in [0.15, 0.2) is 0 Å². The Balaban J connectivity index is 1.79. The molecule has 2 atom stereocenters. The summed E-state index contributed by atoms with van der Waals surface area (Å²) in [5.74, 6) is 0. The van der Waals surface area contributed by atoms with Gasteiger partial charge < -0.3 is 0 Å². The summed E-state index contributed by atoms with van der Waals surface area (Å²) < 4.78 is 0.191. The molecule has 0 spiro atoms. The van der Waals surface area contributed by atoms with Gasteiger partial charge in [0, 0.05) is 42.8 Å². The van der Waals surface area contributed by atoms with Gasteiger partial charge in [0.1, 0.15) is 0 Å². The van der Waals surface area contributed by atoms with Gasteiger partial charge in [0.2, 0.25) is 0 Å². The Bertz CT molecular complexity index is 968. The summed E-state index contributed by atoms with van der Waals surface area (Å²) in [6.45, 7) is 13.9. The van der Waals surface area contributed by atoms with E-state index in [1.54, 1.807) is 0 Å². The molecular weight excluding hydrogens is 440 g/mol. The average Bonchev–Trinajstić information content (AvgIpc) is 2.71. The zero-order valence-corrected chi connectivity index (χ0v) is 22.7. The van der Waals surface area contributed by atoms with E-state index in [0.717, 1.165) is 19.3 Å². The quantitative estimate of drug-likeness (QED) is 0.380. The zero-order chi connectivity index (χ0) is 23.6. The lowest BCUT2D eigenvalue weighted by Gasteiger charge is -2.35. The average molecular weight is 479 g/mol. The molecule has 0 saturated heterocycles. The van der Waals surface area contributed by atoms with Crippen molar-refractivity contribution in [1.29, 1.82) is 0 Å². The van der Waals surface area contributed by atoms with Crippen molar-refractivity contribution in [3.8, 4) is 0 Å². The van der Waals surface area contributed by atoms with E-state index in [0.29, 0.717) is 0 Å². The molecule has 0 amide bonds. The van der Waals surface area contributed by atoms with Gasteiger partial charge >= 0.3 is 0 Å². The zero-order valence-electron chi connectivity index (χ0n) is 21.0. The minimum atomic E-state index is 0.0957. The summed E-state index contributed by atoms with van der Waals surface area (Å²) in [6, 6.07) is 14.1. The highest BCUT2D eigenvalue weighted by Crippen LogP contribution is 2.46. The van der Waals surface area contributed by atoms with Gasteiger partial charge in [-0.1, -0.05) is 64.8 Å². The number of rotatable bonds is 0. The molecule has 0 bridgehead atoms. The number of aryl methyl sites for hydroxylation is 2. The van der Waals surface area contributed by atoms with Crippen molar-refractivity contribution in [2.75, 3.05) is 0 Å². The number of nitrogens with zero attached hydrogens (tertiary/aromatic N) is 2. The lowest BCUT2D eigenvalue weighted by Crippen LogP contribution is -2.28. The molecule has 1 saturated carbocycles. The SMILES string of the molecule is Cc1ccc2c(c1)SC(C)(C)CC(C)(C)Sc1cc(C)ccc1/C=N/C1CCCCC1/N=C/2. The fourth-order valence-electron chi connectivity index (χ4n) is 5.16. The smallest absolute Gasteiger partial charge is 0.0723 e. The maximum absolute atomic E-state index is 5.12. The molecule has 176 valence electrons. The number of benzene rings is 2. The molecule has 33 heavy (non-hydrogen) atoms. The third-order valence-corrected chi connectivity index (χ3v) is 9.01. The van der Waals surface area contributed by atoms with E-state index in [2.05, 4.69) is 90.4 Å². The highest BCUT2D eigenvalue weighted by molar-refractivity contribution is 8.01. The topological polar surface area (TPSA) is 24.7 Å². The molecule has 1 fully saturated rings. The van der Waals surface area contributed by atoms with Gasteiger partial charge in [-0.2, -0.15) is 0 Å². The molecule has 4 rings (SSSR count). The van der Waals surface area contributed by atoms with E-state index >= 15 is 0 Å². The Hall–Kier alpha value is -1.52. The van der Waals surface area contributed by atoms with Crippen LogP contribution in [0.2, 0.25) is 0 Å². The van der Waals surface area contributed by atoms with E-state index in [1.807, 2.05) is 23.5 Å². The summed E-state index contributed by atoms with van der Waals surface area (Å²) >= 11 is 4.00. The van der Waals surface area contributed by atoms with Crippen molar-refractivity contribution in [1.82, 2.24) is 0 Å². The molecule has 0 N–H and O–H groups in total. The highest BCUT2D eigenvalue weighted by atomic mass is 32.2. The normalized spacial score (nSPS) is 26.6. The first-order chi connectivity index (χ1) is 15.6. The molecule has 2 unspecified atom stereocenters. The number of hydrogen-bond donors (Lipinski definition) is 0. The molecular formula is C29H38N2S2. The first-order valence-corrected chi connectivity index (χ1v) is 13.9. The summed E-state index contributed by atoms with van der Waals surface area (Å²) in [5, 5.41) is 0. The van der Waals surface area contributed by atoms with Crippen LogP contribution in [0.5, 0.6) is 0 Å². The lowest BCUT2D eigenvalue weighted by molar-refractivity contribution is 0.390. The van der Waals surface area contributed by atoms with Gasteiger partial charge in [-0.05, 0) is 56.4 Å². The molecule has 2 aromatic rings. The number of hydrogen-bond acceptors (Lipinski definition) is 4. The van der Waals surface area contributed by atoms with Gasteiger partial charge in [-0.15, -0.1) is 23.5 Å². The minimum Gasteiger partial charge on any atom is -0.287 e. The fraction of sp³-hybridized carbons (Fsp3) is 0.517. The first-order valence-electron chi connectivity index (χ1n) is 12.3. The first kappa shape index (κ1) is 24.6. The van der Waals surface area contributed by atoms with Crippen LogP contribution in [0, 0.1) is 13.8 Å². The monoisotopic (exact) mass is 478 g/mol. The largest absolute Gasteiger partial charge is 0.287 e. The predicted molar refractivity (Wildman–Crippen MR) is 148 cm³/mol. The highest BCUT2D eigenvalue weighted by Gasteiger charge is 2.32. The lowest BCUT2D eigenvalue weighted by atomic mass is 9.91. The molecule has 1 aliphatic carbocycles. The van der Waals surface area contributed by atoms with E-state index < -0.39 is 0 Å². The maximum atomic E-state index is 5.12. The molecule has 2 aliphatic rings. The van der Waals surface area contributed by atoms with Crippen molar-refractivity contribution < 1.29 is 0 Å². The Morgan fingerprint density at radius 3 is 1.55 bits per heavy atom. The molecule has 0 aromatic heterocycles. The van der Waals surface area contributed by atoms with Crippen LogP contribution in [-0.4, -0.2) is 34.0 Å². The second kappa shape index (κ2) is 10.00. The van der Waals surface area contributed by atoms with Crippen LogP contribution >= 0.6 is 23.5 Å². The van der Waals surface area contributed by atoms with Crippen LogP contribution in [0.3, 0.4) is 0 Å². The standard InChI is InChI=1S/C29H38N2S2/c1-20-11-13-22-17-30-24-9-7-8-10-25(24)31-18-23-14-12-21(2)16-27(23)33-29(5,6)19-28(3,4)32-26(22)15-20/h11-18,24-25H,7-10,19H2,1-6H3/b30-17+,31-18+. The Morgan fingerprint density at radius 2 is 1.12 bits per heavy atom. The third-order valence-electron chi connectivity index (χ3n) is 6.47. The van der Waals surface area contributed by atoms with Gasteiger partial charge in [0.25, 0.3) is 0 Å². The van der Waals surface area contributed by atoms with Gasteiger partial charge in [0.05, 0.1) is 12.1 Å². The second-order valence-electron chi connectivity index (χ2n) is 11.0. The summed E-state index contributed by atoms with van der Waals surface area (Å²) in [7, 11) is 0. The van der Waals surface area contributed by atoms with Crippen LogP contribution in [0.25, 0.3) is 0 Å². The van der Waals surface area contributed by atoms with Crippen LogP contribution in [-0.2, 0) is 0 Å². The molecule has 1 aliphatic heterocycles. The molecule has 1 heterocycles. The predicted octanol–water partition coefficient (Wildman–Crippen LogP) is 8.30. The Labute approximate surface area is 209 Å². The second-order valence-corrected chi connectivity index (χ2v) is 14.5. The van der Waals surface area contributed by atoms with Crippen LogP contribution in [0.1, 0.15) is 82.1 Å². The molecule has 2 aromatic carbocycles. The summed E-state index contributed by atoms with van der Waals surface area (Å²) in [6.07, 6.45) is 10.1. The maximum Gasteiger partial charge on any atom is 0.0723 e. The molecule has 4 heteroatoms. The van der Waals surface area contributed by atoms with Crippen molar-refractivity contribution >= 4 is 36.0 Å².